The van der Waals surface area contributed by atoms with E-state index in [2.05, 4.69) is 43.0 Å². The highest BCUT2D eigenvalue weighted by Crippen LogP contribution is 2.32. The lowest BCUT2D eigenvalue weighted by Crippen LogP contribution is -2.13. The lowest BCUT2D eigenvalue weighted by atomic mass is 9.80. The summed E-state index contributed by atoms with van der Waals surface area (Å²) in [4.78, 5) is 0. The first kappa shape index (κ1) is 20.7. The molecule has 0 aromatic heterocycles. The van der Waals surface area contributed by atoms with Crippen molar-refractivity contribution in [2.24, 2.45) is 11.8 Å². The van der Waals surface area contributed by atoms with E-state index in [1.54, 1.807) is 0 Å². The van der Waals surface area contributed by atoms with Gasteiger partial charge in [0.05, 0.1) is 0 Å². The molecule has 2 aromatic carbocycles. The van der Waals surface area contributed by atoms with E-state index in [9.17, 15) is 4.39 Å². The van der Waals surface area contributed by atoms with Crippen LogP contribution in [0.25, 0.3) is 11.1 Å². The van der Waals surface area contributed by atoms with Crippen LogP contribution in [0.3, 0.4) is 0 Å². The summed E-state index contributed by atoms with van der Waals surface area (Å²) in [7, 11) is 0. The summed E-state index contributed by atoms with van der Waals surface area (Å²) in [6.07, 6.45) is 13.6. The minimum atomic E-state index is -0.197. The summed E-state index contributed by atoms with van der Waals surface area (Å²) < 4.78 is 13.1. The van der Waals surface area contributed by atoms with E-state index in [1.807, 2.05) is 12.1 Å². The van der Waals surface area contributed by atoms with E-state index in [0.29, 0.717) is 5.92 Å². The van der Waals surface area contributed by atoms with Crippen molar-refractivity contribution in [3.63, 3.8) is 0 Å². The van der Waals surface area contributed by atoms with Crippen LogP contribution in [-0.2, 0) is 0 Å². The molecule has 1 fully saturated rings. The SMILES string of the molecule is CCCCCCC[C@H]1CC[C@H](C#Cc2ccc(-c3ccc(F)cc3)cc2)CC1. The first-order chi connectivity index (χ1) is 13.7. The van der Waals surface area contributed by atoms with Crippen LogP contribution in [0.2, 0.25) is 0 Å². The fourth-order valence-electron chi connectivity index (χ4n) is 4.21. The predicted molar refractivity (Wildman–Crippen MR) is 118 cm³/mol. The zero-order chi connectivity index (χ0) is 19.6. The summed E-state index contributed by atoms with van der Waals surface area (Å²) in [6, 6.07) is 15.0. The van der Waals surface area contributed by atoms with E-state index < -0.39 is 0 Å². The third-order valence-electron chi connectivity index (χ3n) is 6.05. The van der Waals surface area contributed by atoms with Gasteiger partial charge in [-0.1, -0.05) is 81.6 Å². The Labute approximate surface area is 170 Å². The topological polar surface area (TPSA) is 0 Å². The van der Waals surface area contributed by atoms with E-state index in [1.165, 1.54) is 76.3 Å². The highest BCUT2D eigenvalue weighted by Gasteiger charge is 2.19. The van der Waals surface area contributed by atoms with Gasteiger partial charge in [-0.05, 0) is 67.0 Å². The van der Waals surface area contributed by atoms with E-state index in [4.69, 9.17) is 0 Å². The molecule has 1 aliphatic rings. The standard InChI is InChI=1S/C27H33F/c1-2-3-4-5-6-7-22-8-10-23(11-9-22)12-13-24-14-16-25(17-15-24)26-18-20-27(28)21-19-26/h14-23H,2-11H2,1H3/t22-,23-. The zero-order valence-electron chi connectivity index (χ0n) is 17.2. The molecule has 1 heteroatoms. The first-order valence-electron chi connectivity index (χ1n) is 11.1. The maximum atomic E-state index is 13.1. The number of halogens is 1. The van der Waals surface area contributed by atoms with Gasteiger partial charge in [0.2, 0.25) is 0 Å². The smallest absolute Gasteiger partial charge is 0.123 e. The van der Waals surface area contributed by atoms with Gasteiger partial charge in [0.15, 0.2) is 0 Å². The van der Waals surface area contributed by atoms with Crippen molar-refractivity contribution in [1.29, 1.82) is 0 Å². The Bertz CT molecular complexity index is 753. The van der Waals surface area contributed by atoms with Crippen LogP contribution in [0.4, 0.5) is 4.39 Å². The van der Waals surface area contributed by atoms with Gasteiger partial charge in [0.25, 0.3) is 0 Å². The lowest BCUT2D eigenvalue weighted by molar-refractivity contribution is 0.294. The molecule has 0 heterocycles. The number of rotatable bonds is 7. The average molecular weight is 377 g/mol. The number of hydrogen-bond donors (Lipinski definition) is 0. The molecule has 0 saturated heterocycles. The Morgan fingerprint density at radius 2 is 1.39 bits per heavy atom. The van der Waals surface area contributed by atoms with E-state index >= 15 is 0 Å². The highest BCUT2D eigenvalue weighted by molar-refractivity contribution is 5.64. The van der Waals surface area contributed by atoms with Crippen LogP contribution >= 0.6 is 0 Å². The fourth-order valence-corrected chi connectivity index (χ4v) is 4.21. The van der Waals surface area contributed by atoms with Crippen molar-refractivity contribution in [2.45, 2.75) is 71.1 Å². The van der Waals surface area contributed by atoms with Crippen molar-refractivity contribution >= 4 is 0 Å². The second kappa shape index (κ2) is 11.1. The van der Waals surface area contributed by atoms with Gasteiger partial charge in [-0.2, -0.15) is 0 Å². The second-order valence-corrected chi connectivity index (χ2v) is 8.27. The molecule has 2 aromatic rings. The Morgan fingerprint density at radius 1 is 0.786 bits per heavy atom. The predicted octanol–water partition coefficient (Wildman–Crippen LogP) is 8.01. The molecule has 0 spiro atoms. The van der Waals surface area contributed by atoms with E-state index in [-0.39, 0.29) is 5.82 Å². The van der Waals surface area contributed by atoms with Gasteiger partial charge >= 0.3 is 0 Å². The molecule has 1 saturated carbocycles. The van der Waals surface area contributed by atoms with Gasteiger partial charge in [-0.3, -0.25) is 0 Å². The molecule has 0 unspecified atom stereocenters. The van der Waals surface area contributed by atoms with Gasteiger partial charge in [-0.25, -0.2) is 4.39 Å². The third-order valence-corrected chi connectivity index (χ3v) is 6.05. The van der Waals surface area contributed by atoms with Gasteiger partial charge in [-0.15, -0.1) is 0 Å². The Balaban J connectivity index is 1.44. The lowest BCUT2D eigenvalue weighted by Gasteiger charge is -2.25. The van der Waals surface area contributed by atoms with E-state index in [0.717, 1.165) is 22.6 Å². The normalized spacial score (nSPS) is 19.1. The van der Waals surface area contributed by atoms with Gasteiger partial charge in [0, 0.05) is 11.5 Å². The minimum absolute atomic E-state index is 0.197. The molecule has 0 amide bonds. The largest absolute Gasteiger partial charge is 0.207 e. The third kappa shape index (κ3) is 6.52. The van der Waals surface area contributed by atoms with Crippen LogP contribution in [-0.4, -0.2) is 0 Å². The number of hydrogen-bond acceptors (Lipinski definition) is 0. The maximum absolute atomic E-state index is 13.1. The van der Waals surface area contributed by atoms with Crippen LogP contribution in [0.1, 0.15) is 76.7 Å². The zero-order valence-corrected chi connectivity index (χ0v) is 17.2. The molecule has 0 nitrogen and oxygen atoms in total. The molecule has 3 rings (SSSR count). The molecular weight excluding hydrogens is 343 g/mol. The molecule has 148 valence electrons. The highest BCUT2D eigenvalue weighted by atomic mass is 19.1. The molecule has 0 radical (unpaired) electrons. The van der Waals surface area contributed by atoms with Crippen molar-refractivity contribution < 1.29 is 4.39 Å². The van der Waals surface area contributed by atoms with Crippen molar-refractivity contribution in [1.82, 2.24) is 0 Å². The molecule has 0 bridgehead atoms. The average Bonchev–Trinajstić information content (AvgIpc) is 2.74. The van der Waals surface area contributed by atoms with Crippen molar-refractivity contribution in [2.75, 3.05) is 0 Å². The Morgan fingerprint density at radius 3 is 2.04 bits per heavy atom. The molecule has 0 atom stereocenters. The number of benzene rings is 2. The second-order valence-electron chi connectivity index (χ2n) is 8.27. The quantitative estimate of drug-likeness (QED) is 0.339. The summed E-state index contributed by atoms with van der Waals surface area (Å²) in [5.74, 6) is 8.19. The van der Waals surface area contributed by atoms with Crippen LogP contribution in [0, 0.1) is 29.5 Å². The minimum Gasteiger partial charge on any atom is -0.207 e. The monoisotopic (exact) mass is 376 g/mol. The molecule has 1 aliphatic carbocycles. The van der Waals surface area contributed by atoms with Crippen molar-refractivity contribution in [3.8, 4) is 23.0 Å². The van der Waals surface area contributed by atoms with Gasteiger partial charge < -0.3 is 0 Å². The van der Waals surface area contributed by atoms with Crippen LogP contribution in [0.15, 0.2) is 48.5 Å². The molecule has 28 heavy (non-hydrogen) atoms. The summed E-state index contributed by atoms with van der Waals surface area (Å²) in [6.45, 7) is 2.28. The van der Waals surface area contributed by atoms with Crippen LogP contribution < -0.4 is 0 Å². The number of unbranched alkanes of at least 4 members (excludes halogenated alkanes) is 4. The summed E-state index contributed by atoms with van der Waals surface area (Å²) in [5, 5.41) is 0. The fraction of sp³-hybridized carbons (Fsp3) is 0.481. The van der Waals surface area contributed by atoms with Crippen molar-refractivity contribution in [3.05, 3.63) is 59.9 Å². The summed E-state index contributed by atoms with van der Waals surface area (Å²) in [5.41, 5.74) is 3.21. The first-order valence-corrected chi connectivity index (χ1v) is 11.1. The Kier molecular flexibility index (Phi) is 8.16. The van der Waals surface area contributed by atoms with Crippen LogP contribution in [0.5, 0.6) is 0 Å². The molecule has 0 aliphatic heterocycles. The molecular formula is C27H33F. The summed E-state index contributed by atoms with van der Waals surface area (Å²) >= 11 is 0. The Hall–Kier alpha value is -2.07. The maximum Gasteiger partial charge on any atom is 0.123 e. The molecule has 0 N–H and O–H groups in total. The van der Waals surface area contributed by atoms with Gasteiger partial charge in [0.1, 0.15) is 5.82 Å².